The van der Waals surface area contributed by atoms with Gasteiger partial charge in [0, 0.05) is 6.54 Å². The minimum absolute atomic E-state index is 0.201. The molecule has 5 heteroatoms. The van der Waals surface area contributed by atoms with Crippen LogP contribution in [0.4, 0.5) is 0 Å². The van der Waals surface area contributed by atoms with Crippen molar-refractivity contribution in [3.05, 3.63) is 29.8 Å². The Morgan fingerprint density at radius 2 is 2.16 bits per heavy atom. The maximum Gasteiger partial charge on any atom is 0.211 e. The van der Waals surface area contributed by atoms with Gasteiger partial charge in [-0.15, -0.1) is 0 Å². The number of benzene rings is 1. The van der Waals surface area contributed by atoms with E-state index in [1.165, 1.54) is 5.56 Å². The molecule has 2 rings (SSSR count). The predicted octanol–water partition coefficient (Wildman–Crippen LogP) is 1.96. The van der Waals surface area contributed by atoms with Crippen LogP contribution < -0.4 is 9.46 Å². The minimum Gasteiger partial charge on any atom is -0.493 e. The molecule has 0 radical (unpaired) electrons. The zero-order valence-corrected chi connectivity index (χ0v) is 12.1. The third-order valence-corrected chi connectivity index (χ3v) is 4.88. The molecule has 0 saturated carbocycles. The highest BCUT2D eigenvalue weighted by Gasteiger charge is 2.19. The van der Waals surface area contributed by atoms with Crippen molar-refractivity contribution in [1.29, 1.82) is 0 Å². The van der Waals surface area contributed by atoms with E-state index in [1.807, 2.05) is 31.2 Å². The Balaban J connectivity index is 1.96. The average molecular weight is 283 g/mol. The lowest BCUT2D eigenvalue weighted by Gasteiger charge is -2.14. The first kappa shape index (κ1) is 14.3. The van der Waals surface area contributed by atoms with Gasteiger partial charge in [0.15, 0.2) is 0 Å². The van der Waals surface area contributed by atoms with E-state index >= 15 is 0 Å². The number of nitrogens with one attached hydrogen (secondary N) is 1. The number of ether oxygens (including phenoxy) is 1. The van der Waals surface area contributed by atoms with Crippen molar-refractivity contribution >= 4 is 10.0 Å². The van der Waals surface area contributed by atoms with E-state index in [4.69, 9.17) is 4.74 Å². The number of hydrogen-bond donors (Lipinski definition) is 1. The van der Waals surface area contributed by atoms with E-state index in [0.29, 0.717) is 25.5 Å². The zero-order valence-electron chi connectivity index (χ0n) is 11.3. The number of rotatable bonds is 5. The predicted molar refractivity (Wildman–Crippen MR) is 75.8 cm³/mol. The topological polar surface area (TPSA) is 55.4 Å². The van der Waals surface area contributed by atoms with Crippen molar-refractivity contribution in [3.63, 3.8) is 0 Å². The molecule has 0 unspecified atom stereocenters. The summed E-state index contributed by atoms with van der Waals surface area (Å²) in [5, 5.41) is 0. The maximum absolute atomic E-state index is 11.7. The second kappa shape index (κ2) is 6.39. The molecule has 1 aliphatic heterocycles. The molecule has 1 aromatic carbocycles. The Kier molecular flexibility index (Phi) is 4.82. The molecule has 1 N–H and O–H groups in total. The van der Waals surface area contributed by atoms with Crippen molar-refractivity contribution in [1.82, 2.24) is 4.72 Å². The number of fused-ring (bicyclic) bond motifs is 1. The van der Waals surface area contributed by atoms with Crippen LogP contribution in [0.3, 0.4) is 0 Å². The standard InChI is InChI=1S/C14H21NO3S/c1-2-9-19(16,17)15-11-12-7-8-18-14-6-4-3-5-13(14)10-12/h3-6,12,15H,2,7-11H2,1H3/t12-/m0/s1. The molecule has 0 fully saturated rings. The van der Waals surface area contributed by atoms with Crippen LogP contribution in [-0.4, -0.2) is 27.3 Å². The summed E-state index contributed by atoms with van der Waals surface area (Å²) >= 11 is 0. The monoisotopic (exact) mass is 283 g/mol. The molecule has 1 atom stereocenters. The Hall–Kier alpha value is -1.07. The number of sulfonamides is 1. The van der Waals surface area contributed by atoms with E-state index in [-0.39, 0.29) is 5.75 Å². The quantitative estimate of drug-likeness (QED) is 0.898. The van der Waals surface area contributed by atoms with Gasteiger partial charge < -0.3 is 4.74 Å². The van der Waals surface area contributed by atoms with Crippen LogP contribution in [0.15, 0.2) is 24.3 Å². The SMILES string of the molecule is CCCS(=O)(=O)NC[C@H]1CCOc2ccccc2C1. The van der Waals surface area contributed by atoms with Gasteiger partial charge in [0.05, 0.1) is 12.4 Å². The Bertz CT molecular complexity index is 513. The molecule has 106 valence electrons. The first-order chi connectivity index (χ1) is 9.11. The molecule has 0 amide bonds. The first-order valence-electron chi connectivity index (χ1n) is 6.79. The van der Waals surface area contributed by atoms with Crippen LogP contribution >= 0.6 is 0 Å². The van der Waals surface area contributed by atoms with Gasteiger partial charge in [-0.3, -0.25) is 0 Å². The van der Waals surface area contributed by atoms with Gasteiger partial charge in [0.1, 0.15) is 5.75 Å². The molecule has 1 aromatic rings. The van der Waals surface area contributed by atoms with Crippen molar-refractivity contribution in [2.24, 2.45) is 5.92 Å². The fourth-order valence-electron chi connectivity index (χ4n) is 2.32. The van der Waals surface area contributed by atoms with E-state index in [0.717, 1.165) is 18.6 Å². The van der Waals surface area contributed by atoms with Crippen LogP contribution in [-0.2, 0) is 16.4 Å². The Morgan fingerprint density at radius 3 is 2.95 bits per heavy atom. The number of para-hydroxylation sites is 1. The maximum atomic E-state index is 11.7. The van der Waals surface area contributed by atoms with Crippen molar-refractivity contribution in [2.75, 3.05) is 18.9 Å². The molecule has 0 aliphatic carbocycles. The van der Waals surface area contributed by atoms with Crippen molar-refractivity contribution in [2.45, 2.75) is 26.2 Å². The highest BCUT2D eigenvalue weighted by atomic mass is 32.2. The highest BCUT2D eigenvalue weighted by Crippen LogP contribution is 2.26. The molecule has 1 aliphatic rings. The normalized spacial score (nSPS) is 19.3. The third kappa shape index (κ3) is 4.21. The smallest absolute Gasteiger partial charge is 0.211 e. The fraction of sp³-hybridized carbons (Fsp3) is 0.571. The average Bonchev–Trinajstić information content (AvgIpc) is 2.58. The lowest BCUT2D eigenvalue weighted by molar-refractivity contribution is 0.294. The van der Waals surface area contributed by atoms with Crippen LogP contribution in [0.1, 0.15) is 25.3 Å². The molecule has 0 bridgehead atoms. The summed E-state index contributed by atoms with van der Waals surface area (Å²) in [5.41, 5.74) is 1.17. The molecule has 19 heavy (non-hydrogen) atoms. The van der Waals surface area contributed by atoms with Gasteiger partial charge in [-0.25, -0.2) is 13.1 Å². The van der Waals surface area contributed by atoms with Gasteiger partial charge in [-0.1, -0.05) is 25.1 Å². The van der Waals surface area contributed by atoms with Crippen LogP contribution in [0, 0.1) is 5.92 Å². The first-order valence-corrected chi connectivity index (χ1v) is 8.44. The lowest BCUT2D eigenvalue weighted by atomic mass is 9.97. The fourth-order valence-corrected chi connectivity index (χ4v) is 3.49. The summed E-state index contributed by atoms with van der Waals surface area (Å²) in [6, 6.07) is 7.97. The Labute approximate surface area is 115 Å². The largest absolute Gasteiger partial charge is 0.493 e. The molecule has 1 heterocycles. The Morgan fingerprint density at radius 1 is 1.37 bits per heavy atom. The van der Waals surface area contributed by atoms with Gasteiger partial charge >= 0.3 is 0 Å². The van der Waals surface area contributed by atoms with E-state index in [1.54, 1.807) is 0 Å². The highest BCUT2D eigenvalue weighted by molar-refractivity contribution is 7.89. The summed E-state index contributed by atoms with van der Waals surface area (Å²) in [5.74, 6) is 1.43. The van der Waals surface area contributed by atoms with E-state index in [2.05, 4.69) is 4.72 Å². The minimum atomic E-state index is -3.11. The lowest BCUT2D eigenvalue weighted by Crippen LogP contribution is -2.32. The zero-order chi connectivity index (χ0) is 13.7. The summed E-state index contributed by atoms with van der Waals surface area (Å²) in [4.78, 5) is 0. The molecular formula is C14H21NO3S. The third-order valence-electron chi connectivity index (χ3n) is 3.33. The van der Waals surface area contributed by atoms with E-state index in [9.17, 15) is 8.42 Å². The molecule has 4 nitrogen and oxygen atoms in total. The van der Waals surface area contributed by atoms with Crippen LogP contribution in [0.2, 0.25) is 0 Å². The molecular weight excluding hydrogens is 262 g/mol. The van der Waals surface area contributed by atoms with Crippen molar-refractivity contribution in [3.8, 4) is 5.75 Å². The molecule has 0 spiro atoms. The van der Waals surface area contributed by atoms with Crippen LogP contribution in [0.25, 0.3) is 0 Å². The van der Waals surface area contributed by atoms with Gasteiger partial charge in [0.25, 0.3) is 0 Å². The second-order valence-electron chi connectivity index (χ2n) is 4.98. The van der Waals surface area contributed by atoms with Crippen molar-refractivity contribution < 1.29 is 13.2 Å². The molecule has 0 saturated heterocycles. The van der Waals surface area contributed by atoms with Gasteiger partial charge in [0.2, 0.25) is 10.0 Å². The summed E-state index contributed by atoms with van der Waals surface area (Å²) in [6.07, 6.45) is 2.39. The van der Waals surface area contributed by atoms with Gasteiger partial charge in [-0.2, -0.15) is 0 Å². The summed E-state index contributed by atoms with van der Waals surface area (Å²) in [7, 11) is -3.11. The van der Waals surface area contributed by atoms with Crippen LogP contribution in [0.5, 0.6) is 5.75 Å². The summed E-state index contributed by atoms with van der Waals surface area (Å²) < 4.78 is 31.7. The second-order valence-corrected chi connectivity index (χ2v) is 6.91. The molecule has 0 aromatic heterocycles. The number of hydrogen-bond acceptors (Lipinski definition) is 3. The van der Waals surface area contributed by atoms with Gasteiger partial charge in [-0.05, 0) is 36.8 Å². The summed E-state index contributed by atoms with van der Waals surface area (Å²) in [6.45, 7) is 3.02. The van der Waals surface area contributed by atoms with E-state index < -0.39 is 10.0 Å².